The normalized spacial score (nSPS) is 10.5. The minimum atomic E-state index is 0.274. The largest absolute Gasteiger partial charge is 0.0683 e. The average molecular weight is 1540 g/mol. The minimum absolute atomic E-state index is 0.274. The van der Waals surface area contributed by atoms with Crippen molar-refractivity contribution in [3.63, 3.8) is 0 Å². The lowest BCUT2D eigenvalue weighted by Crippen LogP contribution is -2.13. The molecule has 0 amide bonds. The zero-order valence-corrected chi connectivity index (χ0v) is 85.9. The average Bonchev–Trinajstić information content (AvgIpc) is 0.824. The van der Waals surface area contributed by atoms with Gasteiger partial charge in [-0.15, -0.1) is 0 Å². The van der Waals surface area contributed by atoms with Gasteiger partial charge in [-0.25, -0.2) is 0 Å². The van der Waals surface area contributed by atoms with Crippen molar-refractivity contribution in [3.8, 4) is 0 Å². The standard InChI is InChI=1S/8C12H18.8C2H6/c1-9-6-10(2)8-11(7-9)12(3,4)5;3*1-9-6-7-11(8-10(9)2)12(3,4)5;2*1-9-6-7-11(10(2)8-9)12(3,4)5;1-9-6-7-10(2)11(8-9)12(3,4)5;1-9-7-6-8-11(10(9)2)12(3,4)5;8*1-2/h8*6-8H,1-5H3;8*1-2H3. The Balaban J connectivity index is -0.000000179. The van der Waals surface area contributed by atoms with E-state index in [4.69, 9.17) is 0 Å². The summed E-state index contributed by atoms with van der Waals surface area (Å²) in [7, 11) is 0. The highest BCUT2D eigenvalue weighted by Gasteiger charge is 2.21. The van der Waals surface area contributed by atoms with Gasteiger partial charge in [0.1, 0.15) is 0 Å². The smallest absolute Gasteiger partial charge is 0.0129 e. The molecule has 0 heteroatoms. The van der Waals surface area contributed by atoms with E-state index in [0.717, 1.165) is 0 Å². The van der Waals surface area contributed by atoms with Crippen LogP contribution < -0.4 is 0 Å². The van der Waals surface area contributed by atoms with Crippen molar-refractivity contribution in [1.29, 1.82) is 0 Å². The van der Waals surface area contributed by atoms with E-state index in [9.17, 15) is 0 Å². The van der Waals surface area contributed by atoms with E-state index in [2.05, 4.69) is 423 Å². The maximum Gasteiger partial charge on any atom is -0.0129 e. The van der Waals surface area contributed by atoms with Crippen LogP contribution in [-0.2, 0) is 43.3 Å². The number of benzene rings is 8. The van der Waals surface area contributed by atoms with Gasteiger partial charge in [0.2, 0.25) is 0 Å². The molecule has 0 aromatic heterocycles. The van der Waals surface area contributed by atoms with E-state index >= 15 is 0 Å². The lowest BCUT2D eigenvalue weighted by atomic mass is 9.83. The summed E-state index contributed by atoms with van der Waals surface area (Å²) in [5.74, 6) is 0. The van der Waals surface area contributed by atoms with Crippen LogP contribution in [0.1, 0.15) is 410 Å². The fraction of sp³-hybridized carbons (Fsp3) is 0.571. The van der Waals surface area contributed by atoms with Crippen molar-refractivity contribution in [2.45, 2.75) is 431 Å². The second-order valence-corrected chi connectivity index (χ2v) is 36.5. The first-order valence-corrected chi connectivity index (χ1v) is 43.9. The van der Waals surface area contributed by atoms with Crippen molar-refractivity contribution >= 4 is 0 Å². The van der Waals surface area contributed by atoms with Gasteiger partial charge in [-0.05, 0) is 260 Å². The number of aryl methyl sites for hydroxylation is 15. The molecule has 0 saturated carbocycles. The first-order chi connectivity index (χ1) is 51.3. The van der Waals surface area contributed by atoms with E-state index in [0.29, 0.717) is 0 Å². The Morgan fingerprint density at radius 2 is 0.384 bits per heavy atom. The molecule has 0 heterocycles. The summed E-state index contributed by atoms with van der Waals surface area (Å²) >= 11 is 0. The van der Waals surface area contributed by atoms with E-state index < -0.39 is 0 Å². The summed E-state index contributed by atoms with van der Waals surface area (Å²) in [4.78, 5) is 0. The molecule has 0 nitrogen and oxygen atoms in total. The highest BCUT2D eigenvalue weighted by molar-refractivity contribution is 5.41. The third-order valence-electron chi connectivity index (χ3n) is 18.2. The third kappa shape index (κ3) is 51.6. The summed E-state index contributed by atoms with van der Waals surface area (Å²) < 4.78 is 0. The predicted molar refractivity (Wildman–Crippen MR) is 528 cm³/mol. The molecule has 8 aromatic rings. The number of rotatable bonds is 0. The SMILES string of the molecule is CC.CC.CC.CC.CC.CC.CC.CC.Cc1cc(C)cc(C(C)(C)C)c1.Cc1ccc(C(C)(C)C)c(C)c1.Cc1ccc(C(C)(C)C)c(C)c1.Cc1ccc(C(C)(C)C)cc1C.Cc1ccc(C(C)(C)C)cc1C.Cc1ccc(C(C)(C)C)cc1C.Cc1ccc(C)c(C(C)(C)C)c1.Cc1cccc(C(C)(C)C)c1C. The molecular weight excluding hydrogens is 1350 g/mol. The first-order valence-electron chi connectivity index (χ1n) is 43.9. The summed E-state index contributed by atoms with van der Waals surface area (Å²) in [6.07, 6.45) is 0. The second kappa shape index (κ2) is 59.4. The topological polar surface area (TPSA) is 0 Å². The Kier molecular flexibility index (Phi) is 64.4. The molecule has 640 valence electrons. The van der Waals surface area contributed by atoms with E-state index in [1.807, 2.05) is 111 Å². The van der Waals surface area contributed by atoms with Gasteiger partial charge in [-0.2, -0.15) is 0 Å². The van der Waals surface area contributed by atoms with Crippen molar-refractivity contribution < 1.29 is 0 Å². The molecule has 0 aliphatic rings. The lowest BCUT2D eigenvalue weighted by Gasteiger charge is -2.22. The molecule has 0 spiro atoms. The summed E-state index contributed by atoms with van der Waals surface area (Å²) in [5.41, 5.74) is 35.8. The maximum absolute atomic E-state index is 2.29. The fourth-order valence-corrected chi connectivity index (χ4v) is 11.4. The number of hydrogen-bond acceptors (Lipinski definition) is 0. The van der Waals surface area contributed by atoms with Crippen molar-refractivity contribution in [3.05, 3.63) is 279 Å². The van der Waals surface area contributed by atoms with Crippen molar-refractivity contribution in [1.82, 2.24) is 0 Å². The highest BCUT2D eigenvalue weighted by atomic mass is 14.3. The van der Waals surface area contributed by atoms with E-state index in [-0.39, 0.29) is 43.3 Å². The molecular formula is C112H192. The summed E-state index contributed by atoms with van der Waals surface area (Å²) in [6.45, 7) is 121. The molecule has 0 aliphatic heterocycles. The van der Waals surface area contributed by atoms with Crippen LogP contribution in [0.2, 0.25) is 0 Å². The van der Waals surface area contributed by atoms with E-state index in [1.54, 1.807) is 0 Å². The van der Waals surface area contributed by atoms with Crippen LogP contribution in [0.5, 0.6) is 0 Å². The molecule has 0 atom stereocenters. The van der Waals surface area contributed by atoms with Gasteiger partial charge >= 0.3 is 0 Å². The molecule has 0 fully saturated rings. The molecule has 0 N–H and O–H groups in total. The van der Waals surface area contributed by atoms with Crippen LogP contribution in [-0.4, -0.2) is 0 Å². The Hall–Kier alpha value is -6.24. The van der Waals surface area contributed by atoms with Gasteiger partial charge < -0.3 is 0 Å². The van der Waals surface area contributed by atoms with Gasteiger partial charge in [-0.3, -0.25) is 0 Å². The Bertz CT molecular complexity index is 3450. The van der Waals surface area contributed by atoms with Gasteiger partial charge in [0.25, 0.3) is 0 Å². The van der Waals surface area contributed by atoms with Crippen LogP contribution in [0.15, 0.2) is 146 Å². The molecule has 0 radical (unpaired) electrons. The Morgan fingerprint density at radius 3 is 0.598 bits per heavy atom. The lowest BCUT2D eigenvalue weighted by molar-refractivity contribution is 0.585. The molecule has 112 heavy (non-hydrogen) atoms. The summed E-state index contributed by atoms with van der Waals surface area (Å²) in [5, 5.41) is 0. The highest BCUT2D eigenvalue weighted by Crippen LogP contribution is 2.32. The van der Waals surface area contributed by atoms with Gasteiger partial charge in [0.05, 0.1) is 0 Å². The minimum Gasteiger partial charge on any atom is -0.0683 e. The van der Waals surface area contributed by atoms with Crippen LogP contribution >= 0.6 is 0 Å². The molecule has 8 rings (SSSR count). The van der Waals surface area contributed by atoms with Crippen LogP contribution in [0.4, 0.5) is 0 Å². The van der Waals surface area contributed by atoms with Crippen LogP contribution in [0.3, 0.4) is 0 Å². The van der Waals surface area contributed by atoms with Crippen LogP contribution in [0.25, 0.3) is 0 Å². The first kappa shape index (κ1) is 121. The monoisotopic (exact) mass is 1540 g/mol. The number of hydrogen-bond donors (Lipinski definition) is 0. The van der Waals surface area contributed by atoms with Gasteiger partial charge in [0.15, 0.2) is 0 Å². The molecule has 0 saturated heterocycles. The zero-order chi connectivity index (χ0) is 90.8. The van der Waals surface area contributed by atoms with Crippen molar-refractivity contribution in [2.24, 2.45) is 0 Å². The molecule has 0 unspecified atom stereocenters. The quantitative estimate of drug-likeness (QED) is 0.142. The van der Waals surface area contributed by atoms with Gasteiger partial charge in [-0.1, -0.05) is 450 Å². The molecule has 0 aliphatic carbocycles. The Labute approximate surface area is 705 Å². The van der Waals surface area contributed by atoms with Crippen molar-refractivity contribution in [2.75, 3.05) is 0 Å². The predicted octanol–water partition coefficient (Wildman–Crippen LogP) is 37.0. The molecule has 0 bridgehead atoms. The summed E-state index contributed by atoms with van der Waals surface area (Å²) in [6, 6.07) is 53.5. The maximum atomic E-state index is 2.29. The van der Waals surface area contributed by atoms with Gasteiger partial charge in [0, 0.05) is 0 Å². The second-order valence-electron chi connectivity index (χ2n) is 36.5. The Morgan fingerprint density at radius 1 is 0.143 bits per heavy atom. The molecule has 8 aromatic carbocycles. The zero-order valence-electron chi connectivity index (χ0n) is 85.9. The van der Waals surface area contributed by atoms with Crippen LogP contribution in [0, 0.1) is 111 Å². The van der Waals surface area contributed by atoms with E-state index in [1.165, 1.54) is 134 Å². The third-order valence-corrected chi connectivity index (χ3v) is 18.2. The fourth-order valence-electron chi connectivity index (χ4n) is 11.4.